The van der Waals surface area contributed by atoms with Crippen LogP contribution in [-0.2, 0) is 6.54 Å². The van der Waals surface area contributed by atoms with Gasteiger partial charge in [0.15, 0.2) is 0 Å². The first-order valence-electron chi connectivity index (χ1n) is 8.68. The molecule has 6 heteroatoms. The Bertz CT molecular complexity index is 1040. The normalized spacial score (nSPS) is 11.0. The second-order valence-electron chi connectivity index (χ2n) is 6.07. The predicted octanol–water partition coefficient (Wildman–Crippen LogP) is 5.54. The number of amides is 1. The monoisotopic (exact) mass is 367 g/mol. The molecule has 3 aromatic rings. The summed E-state index contributed by atoms with van der Waals surface area (Å²) in [6.07, 6.45) is 0. The highest BCUT2D eigenvalue weighted by Gasteiger charge is 2.27. The lowest BCUT2D eigenvalue weighted by atomic mass is 10.0. The summed E-state index contributed by atoms with van der Waals surface area (Å²) in [7, 11) is 0. The number of nitriles is 1. The topological polar surface area (TPSA) is 92.9 Å². The lowest BCUT2D eigenvalue weighted by Gasteiger charge is -2.28. The van der Waals surface area contributed by atoms with Crippen molar-refractivity contribution >= 4 is 11.6 Å². The fourth-order valence-corrected chi connectivity index (χ4v) is 2.96. The first-order chi connectivity index (χ1) is 13.7. The van der Waals surface area contributed by atoms with E-state index in [1.54, 1.807) is 24.3 Å². The highest BCUT2D eigenvalue weighted by Crippen LogP contribution is 2.28. The average Bonchev–Trinajstić information content (AvgIpc) is 2.75. The van der Waals surface area contributed by atoms with Crippen molar-refractivity contribution in [3.63, 3.8) is 0 Å². The summed E-state index contributed by atoms with van der Waals surface area (Å²) in [5, 5.41) is 13.5. The molecule has 136 valence electrons. The molecule has 3 rings (SSSR count). The number of hydrogen-bond acceptors (Lipinski definition) is 3. The Balaban J connectivity index is 2.07. The molecule has 0 radical (unpaired) electrons. The van der Waals surface area contributed by atoms with Crippen molar-refractivity contribution < 1.29 is 4.79 Å². The molecule has 0 bridgehead atoms. The molecule has 0 aliphatic carbocycles. The van der Waals surface area contributed by atoms with Gasteiger partial charge in [-0.05, 0) is 22.7 Å². The van der Waals surface area contributed by atoms with E-state index in [1.807, 2.05) is 60.7 Å². The zero-order chi connectivity index (χ0) is 19.8. The van der Waals surface area contributed by atoms with Gasteiger partial charge in [-0.15, -0.1) is 0 Å². The van der Waals surface area contributed by atoms with Crippen molar-refractivity contribution in [3.8, 4) is 6.07 Å². The van der Waals surface area contributed by atoms with Gasteiger partial charge in [-0.3, -0.25) is 4.79 Å². The maximum absolute atomic E-state index is 13.4. The molecule has 1 atom stereocenters. The lowest BCUT2D eigenvalue weighted by Crippen LogP contribution is -2.34. The molecule has 1 amide bonds. The molecule has 0 spiro atoms. The Morgan fingerprint density at radius 1 is 1.00 bits per heavy atom. The molecule has 0 aromatic heterocycles. The largest absolute Gasteiger partial charge is 0.314 e. The number of carbonyl (C=O) groups excluding carboxylic acids is 1. The van der Waals surface area contributed by atoms with Gasteiger partial charge in [0.1, 0.15) is 6.04 Å². The van der Waals surface area contributed by atoms with Gasteiger partial charge in [0, 0.05) is 17.0 Å². The summed E-state index contributed by atoms with van der Waals surface area (Å²) in [6, 6.07) is 26.7. The van der Waals surface area contributed by atoms with Crippen LogP contribution in [0.25, 0.3) is 10.4 Å². The Morgan fingerprint density at radius 3 is 2.25 bits per heavy atom. The Hall–Kier alpha value is -4.07. The third-order valence-corrected chi connectivity index (χ3v) is 4.29. The van der Waals surface area contributed by atoms with Gasteiger partial charge in [0.05, 0.1) is 11.8 Å². The van der Waals surface area contributed by atoms with Gasteiger partial charge >= 0.3 is 0 Å². The minimum Gasteiger partial charge on any atom is -0.314 e. The fourth-order valence-electron chi connectivity index (χ4n) is 2.96. The minimum absolute atomic E-state index is 0.234. The van der Waals surface area contributed by atoms with E-state index in [1.165, 1.54) is 4.90 Å². The molecular formula is C22H17N5O. The molecule has 0 fully saturated rings. The van der Waals surface area contributed by atoms with E-state index in [0.29, 0.717) is 0 Å². The molecule has 0 N–H and O–H groups in total. The van der Waals surface area contributed by atoms with Crippen LogP contribution in [0.3, 0.4) is 0 Å². The second-order valence-corrected chi connectivity index (χ2v) is 6.07. The molecule has 28 heavy (non-hydrogen) atoms. The van der Waals surface area contributed by atoms with Crippen LogP contribution in [0, 0.1) is 11.3 Å². The standard InChI is InChI=1S/C22H17N5O/c23-15-21(18-11-5-2-6-12-18)27(16-17-9-3-1-4-10-17)22(28)19-13-7-8-14-20(19)25-26-24/h1-14,21H,16H2. The SMILES string of the molecule is N#CC(c1ccccc1)N(Cc1ccccc1)C(=O)c1ccccc1N=[N+]=[N-]. The summed E-state index contributed by atoms with van der Waals surface area (Å²) in [4.78, 5) is 17.7. The highest BCUT2D eigenvalue weighted by molar-refractivity contribution is 5.99. The van der Waals surface area contributed by atoms with Crippen LogP contribution in [0.4, 0.5) is 5.69 Å². The minimum atomic E-state index is -0.784. The van der Waals surface area contributed by atoms with E-state index in [0.717, 1.165) is 11.1 Å². The van der Waals surface area contributed by atoms with Gasteiger partial charge in [0.25, 0.3) is 5.91 Å². The third-order valence-electron chi connectivity index (χ3n) is 4.29. The van der Waals surface area contributed by atoms with E-state index in [2.05, 4.69) is 16.1 Å². The molecule has 6 nitrogen and oxygen atoms in total. The molecule has 3 aromatic carbocycles. The summed E-state index contributed by atoms with van der Waals surface area (Å²) < 4.78 is 0. The number of azide groups is 1. The van der Waals surface area contributed by atoms with Gasteiger partial charge < -0.3 is 4.90 Å². The Kier molecular flexibility index (Phi) is 6.04. The van der Waals surface area contributed by atoms with E-state index in [-0.39, 0.29) is 23.7 Å². The van der Waals surface area contributed by atoms with E-state index < -0.39 is 6.04 Å². The summed E-state index contributed by atoms with van der Waals surface area (Å²) in [5.74, 6) is -0.373. The fraction of sp³-hybridized carbons (Fsp3) is 0.0909. The highest BCUT2D eigenvalue weighted by atomic mass is 16.2. The lowest BCUT2D eigenvalue weighted by molar-refractivity contribution is 0.0702. The number of hydrogen-bond donors (Lipinski definition) is 0. The zero-order valence-corrected chi connectivity index (χ0v) is 15.0. The van der Waals surface area contributed by atoms with Crippen molar-refractivity contribution in [2.24, 2.45) is 5.11 Å². The van der Waals surface area contributed by atoms with Crippen LogP contribution < -0.4 is 0 Å². The third kappa shape index (κ3) is 4.18. The van der Waals surface area contributed by atoms with Gasteiger partial charge in [0.2, 0.25) is 0 Å². The van der Waals surface area contributed by atoms with Gasteiger partial charge in [-0.25, -0.2) is 0 Å². The van der Waals surface area contributed by atoms with Crippen molar-refractivity contribution in [1.82, 2.24) is 4.90 Å². The van der Waals surface area contributed by atoms with Crippen LogP contribution in [0.1, 0.15) is 27.5 Å². The average molecular weight is 367 g/mol. The molecule has 0 aliphatic rings. The number of benzene rings is 3. The molecule has 0 saturated heterocycles. The first-order valence-corrected chi connectivity index (χ1v) is 8.68. The van der Waals surface area contributed by atoms with Crippen molar-refractivity contribution in [1.29, 1.82) is 5.26 Å². The van der Waals surface area contributed by atoms with E-state index >= 15 is 0 Å². The van der Waals surface area contributed by atoms with Crippen molar-refractivity contribution in [2.75, 3.05) is 0 Å². The number of nitrogens with zero attached hydrogens (tertiary/aromatic N) is 5. The van der Waals surface area contributed by atoms with Gasteiger partial charge in [-0.1, -0.05) is 84.0 Å². The Morgan fingerprint density at radius 2 is 1.61 bits per heavy atom. The molecule has 0 aliphatic heterocycles. The van der Waals surface area contributed by atoms with Crippen LogP contribution >= 0.6 is 0 Å². The van der Waals surface area contributed by atoms with Crippen LogP contribution in [0.5, 0.6) is 0 Å². The van der Waals surface area contributed by atoms with Crippen molar-refractivity contribution in [3.05, 3.63) is 112 Å². The van der Waals surface area contributed by atoms with E-state index in [4.69, 9.17) is 5.53 Å². The molecular weight excluding hydrogens is 350 g/mol. The summed E-state index contributed by atoms with van der Waals surface area (Å²) >= 11 is 0. The van der Waals surface area contributed by atoms with Crippen LogP contribution in [0.15, 0.2) is 90.0 Å². The quantitative estimate of drug-likeness (QED) is 0.325. The molecule has 1 unspecified atom stereocenters. The summed E-state index contributed by atoms with van der Waals surface area (Å²) in [5.41, 5.74) is 10.9. The number of rotatable bonds is 6. The zero-order valence-electron chi connectivity index (χ0n) is 15.0. The van der Waals surface area contributed by atoms with Gasteiger partial charge in [-0.2, -0.15) is 5.26 Å². The predicted molar refractivity (Wildman–Crippen MR) is 106 cm³/mol. The van der Waals surface area contributed by atoms with Crippen LogP contribution in [0.2, 0.25) is 0 Å². The smallest absolute Gasteiger partial charge is 0.255 e. The maximum Gasteiger partial charge on any atom is 0.255 e. The molecule has 0 saturated carbocycles. The second kappa shape index (κ2) is 9.04. The van der Waals surface area contributed by atoms with E-state index in [9.17, 15) is 10.1 Å². The maximum atomic E-state index is 13.4. The molecule has 0 heterocycles. The first kappa shape index (κ1) is 18.7. The summed E-state index contributed by atoms with van der Waals surface area (Å²) in [6.45, 7) is 0.247. The van der Waals surface area contributed by atoms with Crippen molar-refractivity contribution in [2.45, 2.75) is 12.6 Å². The Labute approximate surface area is 162 Å². The van der Waals surface area contributed by atoms with Crippen LogP contribution in [-0.4, -0.2) is 10.8 Å². The number of carbonyl (C=O) groups is 1.